The fourth-order valence-corrected chi connectivity index (χ4v) is 3.82. The molecule has 0 unspecified atom stereocenters. The molecular formula is C26H35N3O2. The Balaban J connectivity index is 1.59. The van der Waals surface area contributed by atoms with Gasteiger partial charge in [-0.3, -0.25) is 9.59 Å². The maximum absolute atomic E-state index is 12.8. The third-order valence-electron chi connectivity index (χ3n) is 6.30. The van der Waals surface area contributed by atoms with Gasteiger partial charge >= 0.3 is 0 Å². The summed E-state index contributed by atoms with van der Waals surface area (Å²) in [5.74, 6) is 0.347. The third-order valence-corrected chi connectivity index (χ3v) is 6.30. The Bertz CT molecular complexity index is 884. The van der Waals surface area contributed by atoms with Crippen molar-refractivity contribution < 1.29 is 9.59 Å². The molecule has 1 heterocycles. The summed E-state index contributed by atoms with van der Waals surface area (Å²) >= 11 is 0. The van der Waals surface area contributed by atoms with Crippen LogP contribution in [0.2, 0.25) is 0 Å². The van der Waals surface area contributed by atoms with Crippen molar-refractivity contribution in [1.82, 2.24) is 10.6 Å². The van der Waals surface area contributed by atoms with E-state index in [9.17, 15) is 9.59 Å². The zero-order valence-electron chi connectivity index (χ0n) is 19.2. The molecule has 1 aliphatic rings. The van der Waals surface area contributed by atoms with Crippen LogP contribution in [-0.4, -0.2) is 37.0 Å². The van der Waals surface area contributed by atoms with E-state index in [-0.39, 0.29) is 23.9 Å². The number of aryl methyl sites for hydroxylation is 1. The van der Waals surface area contributed by atoms with Gasteiger partial charge in [0.1, 0.15) is 0 Å². The highest BCUT2D eigenvalue weighted by molar-refractivity contribution is 6.00. The Morgan fingerprint density at radius 3 is 2.23 bits per heavy atom. The van der Waals surface area contributed by atoms with Crippen molar-refractivity contribution in [2.75, 3.05) is 18.0 Å². The van der Waals surface area contributed by atoms with Gasteiger partial charge in [0.15, 0.2) is 0 Å². The summed E-state index contributed by atoms with van der Waals surface area (Å²) in [6.45, 7) is 9.97. The van der Waals surface area contributed by atoms with E-state index < -0.39 is 0 Å². The SMILES string of the molecule is CCc1ccc(C(=O)NC2CCN(c3ccccc3C(=O)N[C@@H](C)C(C)C)CC2)cc1. The molecule has 166 valence electrons. The van der Waals surface area contributed by atoms with Crippen LogP contribution in [0.5, 0.6) is 0 Å². The number of nitrogens with one attached hydrogen (secondary N) is 2. The second kappa shape index (κ2) is 10.5. The standard InChI is InChI=1S/C26H35N3O2/c1-5-20-10-12-21(13-11-20)25(30)28-22-14-16-29(17-15-22)24-9-7-6-8-23(24)26(31)27-19(4)18(2)3/h6-13,18-19,22H,5,14-17H2,1-4H3,(H,27,31)(H,28,30)/t19-/m0/s1. The Morgan fingerprint density at radius 2 is 1.61 bits per heavy atom. The molecule has 1 fully saturated rings. The number of piperidine rings is 1. The molecule has 3 rings (SSSR count). The number of carbonyl (C=O) groups is 2. The van der Waals surface area contributed by atoms with Crippen LogP contribution in [0.3, 0.4) is 0 Å². The van der Waals surface area contributed by atoms with Gasteiger partial charge in [-0.2, -0.15) is 0 Å². The van der Waals surface area contributed by atoms with Crippen molar-refractivity contribution in [3.05, 3.63) is 65.2 Å². The largest absolute Gasteiger partial charge is 0.371 e. The van der Waals surface area contributed by atoms with Crippen LogP contribution in [0, 0.1) is 5.92 Å². The van der Waals surface area contributed by atoms with Gasteiger partial charge in [-0.1, -0.05) is 45.0 Å². The van der Waals surface area contributed by atoms with Gasteiger partial charge < -0.3 is 15.5 Å². The first kappa shape index (κ1) is 22.9. The molecule has 0 radical (unpaired) electrons. The zero-order valence-corrected chi connectivity index (χ0v) is 19.2. The van der Waals surface area contributed by atoms with Crippen molar-refractivity contribution >= 4 is 17.5 Å². The van der Waals surface area contributed by atoms with Crippen LogP contribution in [0.4, 0.5) is 5.69 Å². The summed E-state index contributed by atoms with van der Waals surface area (Å²) in [4.78, 5) is 27.7. The molecule has 31 heavy (non-hydrogen) atoms. The number of amides is 2. The second-order valence-electron chi connectivity index (χ2n) is 8.81. The molecule has 2 aromatic rings. The minimum atomic E-state index is -0.0252. The zero-order chi connectivity index (χ0) is 22.4. The van der Waals surface area contributed by atoms with Gasteiger partial charge in [0, 0.05) is 36.4 Å². The predicted octanol–water partition coefficient (Wildman–Crippen LogP) is 4.42. The second-order valence-corrected chi connectivity index (χ2v) is 8.81. The van der Waals surface area contributed by atoms with Crippen molar-refractivity contribution in [1.29, 1.82) is 0 Å². The van der Waals surface area contributed by atoms with Crippen molar-refractivity contribution in [3.8, 4) is 0 Å². The molecule has 5 nitrogen and oxygen atoms in total. The molecule has 2 amide bonds. The average molecular weight is 422 g/mol. The summed E-state index contributed by atoms with van der Waals surface area (Å²) in [6, 6.07) is 15.9. The lowest BCUT2D eigenvalue weighted by Gasteiger charge is -2.35. The Morgan fingerprint density at radius 1 is 0.968 bits per heavy atom. The third kappa shape index (κ3) is 5.87. The molecule has 0 aromatic heterocycles. The van der Waals surface area contributed by atoms with E-state index in [1.807, 2.05) is 55.5 Å². The van der Waals surface area contributed by atoms with Crippen molar-refractivity contribution in [3.63, 3.8) is 0 Å². The van der Waals surface area contributed by atoms with Gasteiger partial charge in [-0.15, -0.1) is 0 Å². The monoisotopic (exact) mass is 421 g/mol. The minimum Gasteiger partial charge on any atom is -0.371 e. The maximum Gasteiger partial charge on any atom is 0.253 e. The lowest BCUT2D eigenvalue weighted by atomic mass is 10.0. The van der Waals surface area contributed by atoms with Gasteiger partial charge in [-0.25, -0.2) is 0 Å². The van der Waals surface area contributed by atoms with Crippen LogP contribution < -0.4 is 15.5 Å². The molecule has 5 heteroatoms. The normalized spacial score (nSPS) is 15.6. The number of nitrogens with zero attached hydrogens (tertiary/aromatic N) is 1. The van der Waals surface area contributed by atoms with E-state index >= 15 is 0 Å². The number of para-hydroxylation sites is 1. The van der Waals surface area contributed by atoms with E-state index in [0.29, 0.717) is 17.0 Å². The smallest absolute Gasteiger partial charge is 0.253 e. The number of hydrogen-bond donors (Lipinski definition) is 2. The van der Waals surface area contributed by atoms with Crippen molar-refractivity contribution in [2.45, 2.75) is 59.0 Å². The number of anilines is 1. The van der Waals surface area contributed by atoms with E-state index in [0.717, 1.165) is 38.0 Å². The lowest BCUT2D eigenvalue weighted by molar-refractivity contribution is 0.0925. The summed E-state index contributed by atoms with van der Waals surface area (Å²) in [5, 5.41) is 6.29. The topological polar surface area (TPSA) is 61.4 Å². The summed E-state index contributed by atoms with van der Waals surface area (Å²) < 4.78 is 0. The molecular weight excluding hydrogens is 386 g/mol. The fraction of sp³-hybridized carbons (Fsp3) is 0.462. The van der Waals surface area contributed by atoms with Crippen LogP contribution in [0.1, 0.15) is 66.8 Å². The highest BCUT2D eigenvalue weighted by atomic mass is 16.2. The fourth-order valence-electron chi connectivity index (χ4n) is 3.82. The number of hydrogen-bond acceptors (Lipinski definition) is 3. The van der Waals surface area contributed by atoms with Crippen molar-refractivity contribution in [2.24, 2.45) is 5.92 Å². The number of benzene rings is 2. The molecule has 0 aliphatic carbocycles. The first-order valence-electron chi connectivity index (χ1n) is 11.4. The maximum atomic E-state index is 12.8. The molecule has 0 spiro atoms. The van der Waals surface area contributed by atoms with E-state index in [1.165, 1.54) is 5.56 Å². The van der Waals surface area contributed by atoms with Gasteiger partial charge in [0.2, 0.25) is 0 Å². The highest BCUT2D eigenvalue weighted by Gasteiger charge is 2.24. The number of rotatable bonds is 7. The molecule has 0 saturated carbocycles. The molecule has 1 aliphatic heterocycles. The van der Waals surface area contributed by atoms with Gasteiger partial charge in [0.05, 0.1) is 5.56 Å². The van der Waals surface area contributed by atoms with Gasteiger partial charge in [-0.05, 0) is 61.9 Å². The Labute approximate surface area is 186 Å². The van der Waals surface area contributed by atoms with Crippen LogP contribution in [0.25, 0.3) is 0 Å². The Kier molecular flexibility index (Phi) is 7.72. The molecule has 2 aromatic carbocycles. The first-order valence-corrected chi connectivity index (χ1v) is 11.4. The van der Waals surface area contributed by atoms with E-state index in [1.54, 1.807) is 0 Å². The highest BCUT2D eigenvalue weighted by Crippen LogP contribution is 2.25. The first-order chi connectivity index (χ1) is 14.9. The average Bonchev–Trinajstić information content (AvgIpc) is 2.79. The molecule has 1 saturated heterocycles. The van der Waals surface area contributed by atoms with E-state index in [4.69, 9.17) is 0 Å². The van der Waals surface area contributed by atoms with E-state index in [2.05, 4.69) is 36.3 Å². The molecule has 0 bridgehead atoms. The minimum absolute atomic E-state index is 0.0106. The molecule has 1 atom stereocenters. The van der Waals surface area contributed by atoms with Gasteiger partial charge in [0.25, 0.3) is 11.8 Å². The summed E-state index contributed by atoms with van der Waals surface area (Å²) in [6.07, 6.45) is 2.69. The van der Waals surface area contributed by atoms with Crippen LogP contribution >= 0.6 is 0 Å². The lowest BCUT2D eigenvalue weighted by Crippen LogP contribution is -2.45. The predicted molar refractivity (Wildman–Crippen MR) is 127 cm³/mol. The summed E-state index contributed by atoms with van der Waals surface area (Å²) in [5.41, 5.74) is 3.63. The Hall–Kier alpha value is -2.82. The summed E-state index contributed by atoms with van der Waals surface area (Å²) in [7, 11) is 0. The quantitative estimate of drug-likeness (QED) is 0.696. The molecule has 2 N–H and O–H groups in total. The number of carbonyl (C=O) groups excluding carboxylic acids is 2. The van der Waals surface area contributed by atoms with Crippen LogP contribution in [0.15, 0.2) is 48.5 Å². The van der Waals surface area contributed by atoms with Crippen LogP contribution in [-0.2, 0) is 6.42 Å².